The Morgan fingerprint density at radius 2 is 2.06 bits per heavy atom. The van der Waals surface area contributed by atoms with E-state index in [1.165, 1.54) is 14.0 Å². The summed E-state index contributed by atoms with van der Waals surface area (Å²) >= 11 is 0. The highest BCUT2D eigenvalue weighted by molar-refractivity contribution is 5.83. The Morgan fingerprint density at radius 3 is 2.47 bits per heavy atom. The zero-order chi connectivity index (χ0) is 12.8. The summed E-state index contributed by atoms with van der Waals surface area (Å²) in [5.41, 5.74) is 0. The van der Waals surface area contributed by atoms with E-state index < -0.39 is 6.10 Å². The minimum atomic E-state index is -0.598. The Bertz CT molecular complexity index is 277. The quantitative estimate of drug-likeness (QED) is 0.686. The highest BCUT2D eigenvalue weighted by atomic mass is 16.5. The van der Waals surface area contributed by atoms with Crippen molar-refractivity contribution in [1.29, 1.82) is 0 Å². The second-order valence-corrected chi connectivity index (χ2v) is 4.53. The molecule has 0 spiro atoms. The van der Waals surface area contributed by atoms with Crippen LogP contribution in [0, 0.1) is 0 Å². The van der Waals surface area contributed by atoms with Crippen molar-refractivity contribution in [2.24, 2.45) is 0 Å². The van der Waals surface area contributed by atoms with E-state index in [0.717, 1.165) is 25.7 Å². The van der Waals surface area contributed by atoms with Crippen molar-refractivity contribution >= 4 is 11.8 Å². The molecule has 2 amide bonds. The number of carbonyl (C=O) groups excluding carboxylic acids is 2. The van der Waals surface area contributed by atoms with Crippen LogP contribution < -0.4 is 10.6 Å². The number of amides is 2. The van der Waals surface area contributed by atoms with Crippen LogP contribution in [0.5, 0.6) is 0 Å². The summed E-state index contributed by atoms with van der Waals surface area (Å²) in [6, 6.07) is 0.0565. The van der Waals surface area contributed by atoms with E-state index in [4.69, 9.17) is 4.74 Å². The average Bonchev–Trinajstić information content (AvgIpc) is 3.02. The number of hydrogen-bond donors (Lipinski definition) is 2. The minimum absolute atomic E-state index is 0.123. The van der Waals surface area contributed by atoms with Gasteiger partial charge in [0.25, 0.3) is 5.91 Å². The fourth-order valence-electron chi connectivity index (χ4n) is 1.84. The van der Waals surface area contributed by atoms with E-state index in [0.29, 0.717) is 6.04 Å². The highest BCUT2D eigenvalue weighted by Crippen LogP contribution is 2.19. The third kappa shape index (κ3) is 4.73. The lowest BCUT2D eigenvalue weighted by atomic mass is 10.0. The first-order valence-corrected chi connectivity index (χ1v) is 6.18. The standard InChI is InChI=1S/C12H22N2O3/c1-4-5-10(13-8(2)15)11(17-3)12(16)14-9-6-7-9/h9-11H,4-7H2,1-3H3,(H,13,15)(H,14,16). The highest BCUT2D eigenvalue weighted by Gasteiger charge is 2.32. The van der Waals surface area contributed by atoms with Crippen molar-refractivity contribution in [3.05, 3.63) is 0 Å². The molecular formula is C12H22N2O3. The van der Waals surface area contributed by atoms with E-state index in [1.807, 2.05) is 6.92 Å². The molecule has 0 aliphatic heterocycles. The van der Waals surface area contributed by atoms with Gasteiger partial charge < -0.3 is 15.4 Å². The van der Waals surface area contributed by atoms with E-state index in [2.05, 4.69) is 10.6 Å². The van der Waals surface area contributed by atoms with Gasteiger partial charge in [0.2, 0.25) is 5.91 Å². The molecule has 1 fully saturated rings. The molecule has 0 radical (unpaired) electrons. The lowest BCUT2D eigenvalue weighted by Gasteiger charge is -2.25. The SMILES string of the molecule is CCCC(NC(C)=O)C(OC)C(=O)NC1CC1. The maximum absolute atomic E-state index is 11.9. The van der Waals surface area contributed by atoms with E-state index >= 15 is 0 Å². The first-order valence-electron chi connectivity index (χ1n) is 6.18. The molecular weight excluding hydrogens is 220 g/mol. The van der Waals surface area contributed by atoms with Crippen molar-refractivity contribution in [2.75, 3.05) is 7.11 Å². The van der Waals surface area contributed by atoms with Crippen LogP contribution in [-0.4, -0.2) is 37.1 Å². The van der Waals surface area contributed by atoms with Crippen LogP contribution in [0.4, 0.5) is 0 Å². The Kier molecular flexibility index (Phi) is 5.41. The summed E-state index contributed by atoms with van der Waals surface area (Å²) in [7, 11) is 1.50. The molecule has 1 saturated carbocycles. The van der Waals surface area contributed by atoms with Gasteiger partial charge in [-0.2, -0.15) is 0 Å². The molecule has 2 N–H and O–H groups in total. The number of nitrogens with one attached hydrogen (secondary N) is 2. The Morgan fingerprint density at radius 1 is 1.41 bits per heavy atom. The Hall–Kier alpha value is -1.10. The van der Waals surface area contributed by atoms with Gasteiger partial charge in [-0.05, 0) is 19.3 Å². The zero-order valence-electron chi connectivity index (χ0n) is 10.8. The van der Waals surface area contributed by atoms with Crippen molar-refractivity contribution < 1.29 is 14.3 Å². The van der Waals surface area contributed by atoms with Gasteiger partial charge in [-0.25, -0.2) is 0 Å². The summed E-state index contributed by atoms with van der Waals surface area (Å²) in [5.74, 6) is -0.257. The van der Waals surface area contributed by atoms with Crippen LogP contribution in [0.1, 0.15) is 39.5 Å². The van der Waals surface area contributed by atoms with Gasteiger partial charge in [0.05, 0.1) is 6.04 Å². The van der Waals surface area contributed by atoms with E-state index in [9.17, 15) is 9.59 Å². The predicted molar refractivity (Wildman–Crippen MR) is 64.5 cm³/mol. The molecule has 5 heteroatoms. The van der Waals surface area contributed by atoms with Gasteiger partial charge in [-0.15, -0.1) is 0 Å². The molecule has 2 atom stereocenters. The summed E-state index contributed by atoms with van der Waals surface area (Å²) < 4.78 is 5.23. The topological polar surface area (TPSA) is 67.4 Å². The number of ether oxygens (including phenoxy) is 1. The average molecular weight is 242 g/mol. The predicted octanol–water partition coefficient (Wildman–Crippen LogP) is 0.585. The second kappa shape index (κ2) is 6.59. The maximum Gasteiger partial charge on any atom is 0.251 e. The molecule has 0 aromatic rings. The lowest BCUT2D eigenvalue weighted by Crippen LogP contribution is -2.51. The van der Waals surface area contributed by atoms with Gasteiger partial charge in [-0.3, -0.25) is 9.59 Å². The zero-order valence-corrected chi connectivity index (χ0v) is 10.8. The summed E-state index contributed by atoms with van der Waals surface area (Å²) in [6.07, 6.45) is 3.11. The molecule has 5 nitrogen and oxygen atoms in total. The van der Waals surface area contributed by atoms with Gasteiger partial charge >= 0.3 is 0 Å². The number of methoxy groups -OCH3 is 1. The Labute approximate surface area is 102 Å². The van der Waals surface area contributed by atoms with Crippen LogP contribution >= 0.6 is 0 Å². The summed E-state index contributed by atoms with van der Waals surface area (Å²) in [5, 5.41) is 5.68. The largest absolute Gasteiger partial charge is 0.369 e. The van der Waals surface area contributed by atoms with Gasteiger partial charge in [0, 0.05) is 20.1 Å². The van der Waals surface area contributed by atoms with Crippen molar-refractivity contribution in [2.45, 2.75) is 57.7 Å². The van der Waals surface area contributed by atoms with Crippen molar-refractivity contribution in [3.8, 4) is 0 Å². The molecule has 1 aliphatic carbocycles. The lowest BCUT2D eigenvalue weighted by molar-refractivity contribution is -0.134. The summed E-state index contributed by atoms with van der Waals surface area (Å²) in [6.45, 7) is 3.47. The Balaban J connectivity index is 2.57. The van der Waals surface area contributed by atoms with Crippen LogP contribution in [0.15, 0.2) is 0 Å². The smallest absolute Gasteiger partial charge is 0.251 e. The molecule has 98 valence electrons. The molecule has 2 unspecified atom stereocenters. The fraction of sp³-hybridized carbons (Fsp3) is 0.833. The third-order valence-electron chi connectivity index (χ3n) is 2.79. The minimum Gasteiger partial charge on any atom is -0.369 e. The van der Waals surface area contributed by atoms with Gasteiger partial charge in [0.15, 0.2) is 6.10 Å². The van der Waals surface area contributed by atoms with Crippen LogP contribution in [-0.2, 0) is 14.3 Å². The monoisotopic (exact) mass is 242 g/mol. The molecule has 17 heavy (non-hydrogen) atoms. The number of carbonyl (C=O) groups is 2. The van der Waals surface area contributed by atoms with Gasteiger partial charge in [-0.1, -0.05) is 13.3 Å². The number of hydrogen-bond acceptors (Lipinski definition) is 3. The van der Waals surface area contributed by atoms with Crippen molar-refractivity contribution in [1.82, 2.24) is 10.6 Å². The van der Waals surface area contributed by atoms with E-state index in [-0.39, 0.29) is 17.9 Å². The molecule has 0 heterocycles. The van der Waals surface area contributed by atoms with Gasteiger partial charge in [0.1, 0.15) is 0 Å². The molecule has 1 rings (SSSR count). The molecule has 0 aromatic heterocycles. The maximum atomic E-state index is 11.9. The molecule has 0 aromatic carbocycles. The first-order chi connectivity index (χ1) is 8.08. The molecule has 0 bridgehead atoms. The molecule has 1 aliphatic rings. The van der Waals surface area contributed by atoms with Crippen LogP contribution in [0.2, 0.25) is 0 Å². The third-order valence-corrected chi connectivity index (χ3v) is 2.79. The van der Waals surface area contributed by atoms with Crippen molar-refractivity contribution in [3.63, 3.8) is 0 Å². The molecule has 0 saturated heterocycles. The number of rotatable bonds is 7. The van der Waals surface area contributed by atoms with Crippen LogP contribution in [0.25, 0.3) is 0 Å². The van der Waals surface area contributed by atoms with Crippen LogP contribution in [0.3, 0.4) is 0 Å². The van der Waals surface area contributed by atoms with E-state index in [1.54, 1.807) is 0 Å². The fourth-order valence-corrected chi connectivity index (χ4v) is 1.84. The first kappa shape index (κ1) is 14.0. The summed E-state index contributed by atoms with van der Waals surface area (Å²) in [4.78, 5) is 23.0. The normalized spacial score (nSPS) is 18.3. The second-order valence-electron chi connectivity index (χ2n) is 4.53.